The van der Waals surface area contributed by atoms with E-state index in [1.54, 1.807) is 6.07 Å². The molecule has 2 rings (SSSR count). The van der Waals surface area contributed by atoms with Gasteiger partial charge in [0.1, 0.15) is 17.7 Å². The molecular weight excluding hydrogens is 301 g/mol. The molecule has 0 aliphatic rings. The van der Waals surface area contributed by atoms with E-state index in [4.69, 9.17) is 11.0 Å². The fourth-order valence-electron chi connectivity index (χ4n) is 1.29. The van der Waals surface area contributed by atoms with Gasteiger partial charge in [0.25, 0.3) is 0 Å². The van der Waals surface area contributed by atoms with Gasteiger partial charge in [0, 0.05) is 11.9 Å². The monoisotopic (exact) mass is 307 g/mol. The molecule has 0 fully saturated rings. The van der Waals surface area contributed by atoms with Crippen LogP contribution in [-0.2, 0) is 0 Å². The lowest BCUT2D eigenvalue weighted by Crippen LogP contribution is -2.01. The van der Waals surface area contributed by atoms with Gasteiger partial charge >= 0.3 is 0 Å². The van der Waals surface area contributed by atoms with Crippen LogP contribution in [0.2, 0.25) is 0 Å². The summed E-state index contributed by atoms with van der Waals surface area (Å²) in [5, 5.41) is 11.7. The highest BCUT2D eigenvalue weighted by Gasteiger charge is 2.06. The highest BCUT2D eigenvalue weighted by molar-refractivity contribution is 9.10. The Bertz CT molecular complexity index is 638. The van der Waals surface area contributed by atoms with Gasteiger partial charge in [0.05, 0.1) is 10.0 Å². The molecule has 0 spiro atoms. The van der Waals surface area contributed by atoms with Crippen molar-refractivity contribution >= 4 is 33.4 Å². The molecule has 0 unspecified atom stereocenters. The summed E-state index contributed by atoms with van der Waals surface area (Å²) >= 11 is 3.26. The average Bonchev–Trinajstić information content (AvgIpc) is 2.36. The van der Waals surface area contributed by atoms with E-state index in [9.17, 15) is 4.39 Å². The van der Waals surface area contributed by atoms with E-state index >= 15 is 0 Å². The van der Waals surface area contributed by atoms with Crippen LogP contribution in [0.5, 0.6) is 0 Å². The molecular formula is C11H7BrFN5. The molecule has 0 bridgehead atoms. The quantitative estimate of drug-likeness (QED) is 0.890. The number of nitrogens with one attached hydrogen (secondary N) is 1. The predicted molar refractivity (Wildman–Crippen MR) is 68.5 cm³/mol. The minimum absolute atomic E-state index is 0.0434. The van der Waals surface area contributed by atoms with Crippen LogP contribution in [0.15, 0.2) is 28.9 Å². The zero-order valence-corrected chi connectivity index (χ0v) is 10.6. The van der Waals surface area contributed by atoms with E-state index in [1.807, 2.05) is 0 Å². The zero-order valence-electron chi connectivity index (χ0n) is 8.98. The molecule has 0 saturated heterocycles. The molecule has 90 valence electrons. The summed E-state index contributed by atoms with van der Waals surface area (Å²) in [6, 6.07) is 5.86. The lowest BCUT2D eigenvalue weighted by molar-refractivity contribution is 0.624. The summed E-state index contributed by atoms with van der Waals surface area (Å²) in [5.41, 5.74) is 5.96. The Balaban J connectivity index is 2.34. The molecule has 0 amide bonds. The number of aromatic nitrogens is 2. The molecule has 0 atom stereocenters. The smallest absolute Gasteiger partial charge is 0.222 e. The maximum absolute atomic E-state index is 13.1. The van der Waals surface area contributed by atoms with Gasteiger partial charge < -0.3 is 11.1 Å². The second-order valence-corrected chi connectivity index (χ2v) is 4.21. The van der Waals surface area contributed by atoms with Crippen molar-refractivity contribution in [2.75, 3.05) is 11.1 Å². The Morgan fingerprint density at radius 1 is 1.44 bits per heavy atom. The van der Waals surface area contributed by atoms with Gasteiger partial charge in [-0.15, -0.1) is 0 Å². The van der Waals surface area contributed by atoms with Crippen LogP contribution in [0.3, 0.4) is 0 Å². The summed E-state index contributed by atoms with van der Waals surface area (Å²) in [6.07, 6.45) is 1.50. The third kappa shape index (κ3) is 2.55. The number of rotatable bonds is 2. The van der Waals surface area contributed by atoms with E-state index in [1.165, 1.54) is 24.4 Å². The van der Waals surface area contributed by atoms with Crippen molar-refractivity contribution in [3.8, 4) is 6.07 Å². The van der Waals surface area contributed by atoms with Crippen LogP contribution in [-0.4, -0.2) is 9.97 Å². The third-order valence-electron chi connectivity index (χ3n) is 2.11. The Morgan fingerprint density at radius 2 is 2.22 bits per heavy atom. The highest BCUT2D eigenvalue weighted by atomic mass is 79.9. The van der Waals surface area contributed by atoms with Crippen LogP contribution in [0.1, 0.15) is 5.56 Å². The molecule has 0 aliphatic heterocycles. The number of halogens is 2. The number of hydrogen-bond acceptors (Lipinski definition) is 5. The molecule has 18 heavy (non-hydrogen) atoms. The van der Waals surface area contributed by atoms with Crippen LogP contribution >= 0.6 is 15.9 Å². The fraction of sp³-hybridized carbons (Fsp3) is 0. The number of nitrogens with two attached hydrogens (primary N) is 1. The molecule has 5 nitrogen and oxygen atoms in total. The molecule has 7 heteroatoms. The lowest BCUT2D eigenvalue weighted by Gasteiger charge is -2.08. The van der Waals surface area contributed by atoms with E-state index < -0.39 is 5.82 Å². The number of nitrogens with zero attached hydrogens (tertiary/aromatic N) is 3. The highest BCUT2D eigenvalue weighted by Crippen LogP contribution is 2.24. The van der Waals surface area contributed by atoms with Gasteiger partial charge in [0.15, 0.2) is 0 Å². The Labute approximate surface area is 111 Å². The second-order valence-electron chi connectivity index (χ2n) is 3.36. The molecule has 0 radical (unpaired) electrons. The van der Waals surface area contributed by atoms with Gasteiger partial charge in [-0.1, -0.05) is 0 Å². The minimum Gasteiger partial charge on any atom is -0.368 e. The van der Waals surface area contributed by atoms with E-state index in [2.05, 4.69) is 31.2 Å². The Hall–Kier alpha value is -2.20. The normalized spacial score (nSPS) is 9.83. The summed E-state index contributed by atoms with van der Waals surface area (Å²) in [5.74, 6) is -0.00867. The second kappa shape index (κ2) is 4.98. The maximum atomic E-state index is 13.1. The number of benzene rings is 1. The number of anilines is 3. The van der Waals surface area contributed by atoms with Gasteiger partial charge in [-0.25, -0.2) is 9.37 Å². The Morgan fingerprint density at radius 3 is 2.94 bits per heavy atom. The summed E-state index contributed by atoms with van der Waals surface area (Å²) < 4.78 is 13.8. The third-order valence-corrected chi connectivity index (χ3v) is 2.69. The average molecular weight is 308 g/mol. The first-order chi connectivity index (χ1) is 8.60. The fourth-order valence-corrected chi connectivity index (χ4v) is 1.58. The molecule has 0 saturated carbocycles. The topological polar surface area (TPSA) is 87.6 Å². The molecule has 2 aromatic rings. The minimum atomic E-state index is -0.565. The van der Waals surface area contributed by atoms with E-state index in [0.717, 1.165) is 0 Å². The van der Waals surface area contributed by atoms with Crippen LogP contribution in [0, 0.1) is 17.1 Å². The zero-order chi connectivity index (χ0) is 13.1. The largest absolute Gasteiger partial charge is 0.368 e. The number of hydrogen-bond donors (Lipinski definition) is 2. The van der Waals surface area contributed by atoms with Gasteiger partial charge in [-0.3, -0.25) is 0 Å². The standard InChI is InChI=1S/C11H7BrFN5/c12-8-5-16-11(15)18-10(8)17-7-1-2-9(13)6(3-7)4-14/h1-3,5H,(H3,15,16,17,18). The summed E-state index contributed by atoms with van der Waals surface area (Å²) in [7, 11) is 0. The van der Waals surface area contributed by atoms with Crippen molar-refractivity contribution in [2.45, 2.75) is 0 Å². The van der Waals surface area contributed by atoms with Crippen molar-refractivity contribution in [1.29, 1.82) is 5.26 Å². The first-order valence-electron chi connectivity index (χ1n) is 4.85. The maximum Gasteiger partial charge on any atom is 0.222 e. The van der Waals surface area contributed by atoms with E-state index in [-0.39, 0.29) is 11.5 Å². The van der Waals surface area contributed by atoms with Crippen LogP contribution in [0.4, 0.5) is 21.8 Å². The SMILES string of the molecule is N#Cc1cc(Nc2nc(N)ncc2Br)ccc1F. The molecule has 0 aliphatic carbocycles. The van der Waals surface area contributed by atoms with Crippen molar-refractivity contribution < 1.29 is 4.39 Å². The van der Waals surface area contributed by atoms with Gasteiger partial charge in [-0.2, -0.15) is 10.2 Å². The van der Waals surface area contributed by atoms with Crippen LogP contribution < -0.4 is 11.1 Å². The summed E-state index contributed by atoms with van der Waals surface area (Å²) in [6.45, 7) is 0. The first-order valence-corrected chi connectivity index (χ1v) is 5.64. The number of nitrogen functional groups attached to an aromatic ring is 1. The summed E-state index contributed by atoms with van der Waals surface area (Å²) in [4.78, 5) is 7.77. The van der Waals surface area contributed by atoms with Crippen molar-refractivity contribution in [1.82, 2.24) is 9.97 Å². The van der Waals surface area contributed by atoms with Crippen molar-refractivity contribution in [3.05, 3.63) is 40.2 Å². The van der Waals surface area contributed by atoms with E-state index in [0.29, 0.717) is 16.0 Å². The molecule has 1 heterocycles. The van der Waals surface area contributed by atoms with Gasteiger partial charge in [-0.05, 0) is 34.1 Å². The lowest BCUT2D eigenvalue weighted by atomic mass is 10.2. The Kier molecular flexibility index (Phi) is 3.39. The molecule has 1 aromatic carbocycles. The van der Waals surface area contributed by atoms with Crippen molar-refractivity contribution in [3.63, 3.8) is 0 Å². The van der Waals surface area contributed by atoms with Crippen molar-refractivity contribution in [2.24, 2.45) is 0 Å². The van der Waals surface area contributed by atoms with Crippen LogP contribution in [0.25, 0.3) is 0 Å². The van der Waals surface area contributed by atoms with Gasteiger partial charge in [0.2, 0.25) is 5.95 Å². The molecule has 3 N–H and O–H groups in total. The first kappa shape index (κ1) is 12.3. The predicted octanol–water partition coefficient (Wildman–Crippen LogP) is 2.58. The molecule has 1 aromatic heterocycles. The number of nitriles is 1.